The van der Waals surface area contributed by atoms with Crippen LogP contribution in [0.3, 0.4) is 0 Å². The van der Waals surface area contributed by atoms with Crippen molar-refractivity contribution < 1.29 is 4.79 Å². The number of imidazole rings is 1. The summed E-state index contributed by atoms with van der Waals surface area (Å²) in [6.07, 6.45) is 2.49. The lowest BCUT2D eigenvalue weighted by atomic mass is 10.2. The highest BCUT2D eigenvalue weighted by Crippen LogP contribution is 2.32. The Kier molecular flexibility index (Phi) is 4.15. The highest BCUT2D eigenvalue weighted by molar-refractivity contribution is 5.98. The molecular formula is C16H20N8O2. The van der Waals surface area contributed by atoms with Gasteiger partial charge in [0.05, 0.1) is 29.0 Å². The number of tetrazole rings is 1. The van der Waals surface area contributed by atoms with Crippen molar-refractivity contribution >= 4 is 28.3 Å². The average molecular weight is 356 g/mol. The van der Waals surface area contributed by atoms with Crippen molar-refractivity contribution in [3.63, 3.8) is 0 Å². The van der Waals surface area contributed by atoms with E-state index < -0.39 is 0 Å². The first-order valence-electron chi connectivity index (χ1n) is 8.64. The summed E-state index contributed by atoms with van der Waals surface area (Å²) in [6.45, 7) is 4.08. The lowest BCUT2D eigenvalue weighted by Gasteiger charge is -2.22. The molecule has 2 aromatic heterocycles. The van der Waals surface area contributed by atoms with Gasteiger partial charge >= 0.3 is 5.69 Å². The third kappa shape index (κ3) is 3.17. The van der Waals surface area contributed by atoms with Crippen LogP contribution in [0.1, 0.15) is 25.1 Å². The second kappa shape index (κ2) is 6.62. The summed E-state index contributed by atoms with van der Waals surface area (Å²) >= 11 is 0. The van der Waals surface area contributed by atoms with Crippen LogP contribution < -0.4 is 15.9 Å². The first-order valence-corrected chi connectivity index (χ1v) is 8.64. The molecule has 10 nitrogen and oxygen atoms in total. The van der Waals surface area contributed by atoms with Gasteiger partial charge in [0.15, 0.2) is 0 Å². The zero-order valence-corrected chi connectivity index (χ0v) is 14.4. The molecule has 10 heteroatoms. The van der Waals surface area contributed by atoms with Gasteiger partial charge in [0, 0.05) is 19.5 Å². The molecule has 1 aromatic carbocycles. The van der Waals surface area contributed by atoms with E-state index >= 15 is 0 Å². The number of fused-ring (bicyclic) bond motifs is 1. The molecule has 0 spiro atoms. The first kappa shape index (κ1) is 16.3. The number of benzene rings is 1. The van der Waals surface area contributed by atoms with Crippen LogP contribution in [0.4, 0.5) is 11.4 Å². The topological polar surface area (TPSA) is 125 Å². The molecule has 1 saturated heterocycles. The van der Waals surface area contributed by atoms with Crippen molar-refractivity contribution in [3.8, 4) is 0 Å². The summed E-state index contributed by atoms with van der Waals surface area (Å²) in [6, 6.07) is 3.72. The third-order valence-corrected chi connectivity index (χ3v) is 4.61. The van der Waals surface area contributed by atoms with Crippen LogP contribution in [-0.4, -0.2) is 49.2 Å². The minimum absolute atomic E-state index is 0.127. The molecule has 1 aliphatic heterocycles. The van der Waals surface area contributed by atoms with Crippen LogP contribution in [0.15, 0.2) is 16.9 Å². The molecule has 26 heavy (non-hydrogen) atoms. The zero-order chi connectivity index (χ0) is 18.1. The lowest BCUT2D eigenvalue weighted by Crippen LogP contribution is -2.22. The normalized spacial score (nSPS) is 14.3. The van der Waals surface area contributed by atoms with Crippen LogP contribution in [0.2, 0.25) is 0 Å². The minimum Gasteiger partial charge on any atom is -0.370 e. The SMILES string of the molecule is Cc1nnnn1CCC(=O)Nc1cc2[nH]c(=O)[nH]c2cc1N1CCCC1. The maximum Gasteiger partial charge on any atom is 0.323 e. The molecule has 0 atom stereocenters. The number of amides is 1. The van der Waals surface area contributed by atoms with Crippen LogP contribution in [0.25, 0.3) is 11.0 Å². The average Bonchev–Trinajstić information content (AvgIpc) is 3.32. The standard InChI is InChI=1S/C16H20N8O2/c1-10-20-21-22-24(10)7-4-15(25)17-13-8-11-12(19-16(26)18-11)9-14(13)23-5-2-3-6-23/h8-9H,2-7H2,1H3,(H,17,25)(H2,18,19,26). The van der Waals surface area contributed by atoms with Gasteiger partial charge in [-0.3, -0.25) is 4.79 Å². The van der Waals surface area contributed by atoms with Gasteiger partial charge in [-0.15, -0.1) is 5.10 Å². The Morgan fingerprint density at radius 3 is 2.65 bits per heavy atom. The zero-order valence-electron chi connectivity index (χ0n) is 14.4. The van der Waals surface area contributed by atoms with Crippen molar-refractivity contribution in [1.29, 1.82) is 0 Å². The molecule has 0 unspecified atom stereocenters. The third-order valence-electron chi connectivity index (χ3n) is 4.61. The summed E-state index contributed by atoms with van der Waals surface area (Å²) in [5, 5.41) is 14.2. The number of aromatic amines is 2. The molecule has 1 fully saturated rings. The van der Waals surface area contributed by atoms with Gasteiger partial charge in [0.2, 0.25) is 5.91 Å². The molecule has 4 rings (SSSR count). The molecule has 1 amide bonds. The second-order valence-electron chi connectivity index (χ2n) is 6.44. The Bertz CT molecular complexity index is 995. The Balaban J connectivity index is 1.57. The van der Waals surface area contributed by atoms with E-state index in [-0.39, 0.29) is 18.0 Å². The number of nitrogens with zero attached hydrogens (tertiary/aromatic N) is 5. The first-order chi connectivity index (χ1) is 12.6. The van der Waals surface area contributed by atoms with E-state index in [0.717, 1.165) is 37.1 Å². The number of nitrogens with one attached hydrogen (secondary N) is 3. The fourth-order valence-corrected chi connectivity index (χ4v) is 3.27. The molecule has 3 N–H and O–H groups in total. The molecule has 0 aliphatic carbocycles. The fraction of sp³-hybridized carbons (Fsp3) is 0.438. The molecule has 3 heterocycles. The molecule has 0 bridgehead atoms. The molecule has 0 radical (unpaired) electrons. The quantitative estimate of drug-likeness (QED) is 0.620. The number of hydrogen-bond donors (Lipinski definition) is 3. The van der Waals surface area contributed by atoms with E-state index in [0.29, 0.717) is 23.6 Å². The predicted molar refractivity (Wildman–Crippen MR) is 96.2 cm³/mol. The van der Waals surface area contributed by atoms with Gasteiger partial charge in [0.25, 0.3) is 0 Å². The molecular weight excluding hydrogens is 336 g/mol. The van der Waals surface area contributed by atoms with Crippen LogP contribution in [-0.2, 0) is 11.3 Å². The smallest absolute Gasteiger partial charge is 0.323 e. The van der Waals surface area contributed by atoms with E-state index in [4.69, 9.17) is 0 Å². The molecule has 0 saturated carbocycles. The number of H-pyrrole nitrogens is 2. The van der Waals surface area contributed by atoms with E-state index in [1.165, 1.54) is 0 Å². The van der Waals surface area contributed by atoms with Gasteiger partial charge in [-0.1, -0.05) is 0 Å². The number of carbonyl (C=O) groups is 1. The Morgan fingerprint density at radius 2 is 1.96 bits per heavy atom. The van der Waals surface area contributed by atoms with Crippen LogP contribution >= 0.6 is 0 Å². The summed E-state index contributed by atoms with van der Waals surface area (Å²) in [4.78, 5) is 31.8. The van der Waals surface area contributed by atoms with Crippen molar-refractivity contribution in [2.75, 3.05) is 23.3 Å². The van der Waals surface area contributed by atoms with Gasteiger partial charge in [0.1, 0.15) is 5.82 Å². The Hall–Kier alpha value is -3.17. The summed E-state index contributed by atoms with van der Waals surface area (Å²) in [5.74, 6) is 0.541. The molecule has 3 aromatic rings. The highest BCUT2D eigenvalue weighted by atomic mass is 16.2. The van der Waals surface area contributed by atoms with Crippen molar-refractivity contribution in [2.45, 2.75) is 32.7 Å². The maximum absolute atomic E-state index is 12.4. The van der Waals surface area contributed by atoms with Crippen molar-refractivity contribution in [2.24, 2.45) is 0 Å². The van der Waals surface area contributed by atoms with Crippen LogP contribution in [0.5, 0.6) is 0 Å². The summed E-state index contributed by atoms with van der Waals surface area (Å²) in [5.41, 5.74) is 2.78. The summed E-state index contributed by atoms with van der Waals surface area (Å²) < 4.78 is 1.59. The van der Waals surface area contributed by atoms with E-state index in [1.807, 2.05) is 6.07 Å². The number of rotatable bonds is 5. The molecule has 1 aliphatic rings. The van der Waals surface area contributed by atoms with Crippen molar-refractivity contribution in [3.05, 3.63) is 28.4 Å². The van der Waals surface area contributed by atoms with E-state index in [2.05, 4.69) is 35.7 Å². The maximum atomic E-state index is 12.4. The number of aryl methyl sites for hydroxylation is 2. The number of aromatic nitrogens is 6. The Labute approximate surface area is 148 Å². The van der Waals surface area contributed by atoms with Gasteiger partial charge in [-0.2, -0.15) is 0 Å². The minimum atomic E-state index is -0.259. The van der Waals surface area contributed by atoms with Crippen molar-refractivity contribution in [1.82, 2.24) is 30.2 Å². The second-order valence-corrected chi connectivity index (χ2v) is 6.44. The monoisotopic (exact) mass is 356 g/mol. The fourth-order valence-electron chi connectivity index (χ4n) is 3.27. The van der Waals surface area contributed by atoms with E-state index in [1.54, 1.807) is 17.7 Å². The number of carbonyl (C=O) groups excluding carboxylic acids is 1. The number of hydrogen-bond acceptors (Lipinski definition) is 6. The van der Waals surface area contributed by atoms with Gasteiger partial charge in [-0.05, 0) is 42.3 Å². The lowest BCUT2D eigenvalue weighted by molar-refractivity contribution is -0.116. The Morgan fingerprint density at radius 1 is 1.23 bits per heavy atom. The van der Waals surface area contributed by atoms with E-state index in [9.17, 15) is 9.59 Å². The number of anilines is 2. The molecule has 136 valence electrons. The largest absolute Gasteiger partial charge is 0.370 e. The van der Waals surface area contributed by atoms with Gasteiger partial charge < -0.3 is 20.2 Å². The predicted octanol–water partition coefficient (Wildman–Crippen LogP) is 0.780. The summed E-state index contributed by atoms with van der Waals surface area (Å²) in [7, 11) is 0. The highest BCUT2D eigenvalue weighted by Gasteiger charge is 2.19. The van der Waals surface area contributed by atoms with Crippen LogP contribution in [0, 0.1) is 6.92 Å². The van der Waals surface area contributed by atoms with Gasteiger partial charge in [-0.25, -0.2) is 9.48 Å².